The first kappa shape index (κ1) is 12.3. The average Bonchev–Trinajstić information content (AvgIpc) is 2.89. The molecule has 0 saturated heterocycles. The molecule has 17 heavy (non-hydrogen) atoms. The van der Waals surface area contributed by atoms with Gasteiger partial charge in [0.25, 0.3) is 0 Å². The van der Waals surface area contributed by atoms with Crippen molar-refractivity contribution < 1.29 is 4.42 Å². The largest absolute Gasteiger partial charge is 0.408 e. The van der Waals surface area contributed by atoms with Crippen molar-refractivity contribution in [3.8, 4) is 0 Å². The lowest BCUT2D eigenvalue weighted by Gasteiger charge is -1.98. The molecule has 0 aliphatic rings. The molecule has 0 amide bonds. The van der Waals surface area contributed by atoms with Crippen molar-refractivity contribution in [3.63, 3.8) is 0 Å². The summed E-state index contributed by atoms with van der Waals surface area (Å²) in [5.74, 6) is 0.564. The fourth-order valence-corrected chi connectivity index (χ4v) is 2.42. The minimum atomic E-state index is 0.441. The van der Waals surface area contributed by atoms with E-state index in [1.165, 1.54) is 4.88 Å². The number of nitrogens with zero attached hydrogens (tertiary/aromatic N) is 2. The molecule has 0 fully saturated rings. The van der Waals surface area contributed by atoms with Crippen molar-refractivity contribution >= 4 is 29.0 Å². The molecule has 7 heteroatoms. The van der Waals surface area contributed by atoms with Gasteiger partial charge in [-0.15, -0.1) is 16.4 Å². The number of aromatic nitrogens is 2. The second-order valence-corrected chi connectivity index (χ2v) is 5.22. The van der Waals surface area contributed by atoms with Crippen LogP contribution in [-0.4, -0.2) is 23.3 Å². The van der Waals surface area contributed by atoms with Crippen molar-refractivity contribution in [1.29, 1.82) is 0 Å². The molecule has 3 N–H and O–H groups in total. The van der Waals surface area contributed by atoms with Gasteiger partial charge in [-0.25, -0.2) is 0 Å². The summed E-state index contributed by atoms with van der Waals surface area (Å²) in [6.07, 6.45) is 1.49. The zero-order chi connectivity index (χ0) is 12.1. The quantitative estimate of drug-likeness (QED) is 0.840. The first-order valence-corrected chi connectivity index (χ1v) is 6.48. The molecule has 0 bridgehead atoms. The monoisotopic (exact) mass is 272 g/mol. The van der Waals surface area contributed by atoms with Crippen LogP contribution >= 0.6 is 22.9 Å². The van der Waals surface area contributed by atoms with Crippen molar-refractivity contribution in [1.82, 2.24) is 10.2 Å². The number of hydrogen-bond acceptors (Lipinski definition) is 6. The smallest absolute Gasteiger partial charge is 0.315 e. The number of halogens is 1. The van der Waals surface area contributed by atoms with E-state index in [0.717, 1.165) is 17.3 Å². The standard InChI is InChI=1S/C10H13ClN4OS/c11-8-2-1-7(17-8)4-6-13-10-15-14-9(16-10)3-5-12/h1-2H,3-6,12H2,(H,13,15). The predicted molar refractivity (Wildman–Crippen MR) is 68.6 cm³/mol. The topological polar surface area (TPSA) is 77.0 Å². The van der Waals surface area contributed by atoms with Crippen LogP contribution < -0.4 is 11.1 Å². The second kappa shape index (κ2) is 6.00. The van der Waals surface area contributed by atoms with Gasteiger partial charge in [0.15, 0.2) is 0 Å². The lowest BCUT2D eigenvalue weighted by molar-refractivity contribution is 0.506. The molecule has 0 spiro atoms. The van der Waals surface area contributed by atoms with Crippen LogP contribution in [0.2, 0.25) is 4.34 Å². The minimum Gasteiger partial charge on any atom is -0.408 e. The molecule has 2 heterocycles. The third-order valence-electron chi connectivity index (χ3n) is 2.10. The lowest BCUT2D eigenvalue weighted by atomic mass is 10.3. The van der Waals surface area contributed by atoms with Gasteiger partial charge in [0, 0.05) is 24.4 Å². The maximum absolute atomic E-state index is 5.84. The van der Waals surface area contributed by atoms with Gasteiger partial charge < -0.3 is 15.5 Å². The first-order valence-electron chi connectivity index (χ1n) is 5.28. The SMILES string of the molecule is NCCc1nnc(NCCc2ccc(Cl)s2)o1. The maximum atomic E-state index is 5.84. The number of thiophene rings is 1. The Morgan fingerprint density at radius 2 is 2.24 bits per heavy atom. The van der Waals surface area contributed by atoms with Crippen molar-refractivity contribution in [3.05, 3.63) is 27.2 Å². The Balaban J connectivity index is 1.77. The zero-order valence-corrected chi connectivity index (χ0v) is 10.7. The Bertz CT molecular complexity index is 470. The number of nitrogens with two attached hydrogens (primary N) is 1. The van der Waals surface area contributed by atoms with Gasteiger partial charge in [0.05, 0.1) is 4.34 Å². The zero-order valence-electron chi connectivity index (χ0n) is 9.15. The van der Waals surface area contributed by atoms with Crippen molar-refractivity contribution in [2.24, 2.45) is 5.73 Å². The van der Waals surface area contributed by atoms with Crippen LogP contribution in [-0.2, 0) is 12.8 Å². The van der Waals surface area contributed by atoms with E-state index >= 15 is 0 Å². The fourth-order valence-electron chi connectivity index (χ4n) is 1.33. The Morgan fingerprint density at radius 1 is 1.35 bits per heavy atom. The Labute approximate surface area is 108 Å². The van der Waals surface area contributed by atoms with E-state index in [0.29, 0.717) is 24.9 Å². The van der Waals surface area contributed by atoms with Crippen LogP contribution in [0.4, 0.5) is 6.01 Å². The molecule has 0 aromatic carbocycles. The van der Waals surface area contributed by atoms with Crippen LogP contribution in [0.25, 0.3) is 0 Å². The van der Waals surface area contributed by atoms with Crippen LogP contribution in [0, 0.1) is 0 Å². The molecule has 2 aromatic heterocycles. The highest BCUT2D eigenvalue weighted by Gasteiger charge is 2.04. The highest BCUT2D eigenvalue weighted by Crippen LogP contribution is 2.21. The second-order valence-electron chi connectivity index (χ2n) is 3.42. The number of anilines is 1. The van der Waals surface area contributed by atoms with Crippen LogP contribution in [0.15, 0.2) is 16.5 Å². The molecule has 0 radical (unpaired) electrons. The summed E-state index contributed by atoms with van der Waals surface area (Å²) in [5.41, 5.74) is 5.39. The molecule has 5 nitrogen and oxygen atoms in total. The highest BCUT2D eigenvalue weighted by atomic mass is 35.5. The van der Waals surface area contributed by atoms with Gasteiger partial charge in [-0.3, -0.25) is 0 Å². The van der Waals surface area contributed by atoms with Crippen molar-refractivity contribution in [2.45, 2.75) is 12.8 Å². The molecule has 2 rings (SSSR count). The van der Waals surface area contributed by atoms with E-state index in [2.05, 4.69) is 15.5 Å². The normalized spacial score (nSPS) is 10.7. The van der Waals surface area contributed by atoms with E-state index in [1.54, 1.807) is 11.3 Å². The first-order chi connectivity index (χ1) is 8.28. The molecular formula is C10H13ClN4OS. The molecule has 0 aliphatic carbocycles. The van der Waals surface area contributed by atoms with E-state index in [4.69, 9.17) is 21.8 Å². The summed E-state index contributed by atoms with van der Waals surface area (Å²) in [6.45, 7) is 1.25. The summed E-state index contributed by atoms with van der Waals surface area (Å²) in [7, 11) is 0. The van der Waals surface area contributed by atoms with E-state index in [-0.39, 0.29) is 0 Å². The fraction of sp³-hybridized carbons (Fsp3) is 0.400. The molecule has 0 atom stereocenters. The summed E-state index contributed by atoms with van der Waals surface area (Å²) in [5, 5.41) is 10.8. The molecular weight excluding hydrogens is 260 g/mol. The summed E-state index contributed by atoms with van der Waals surface area (Å²) < 4.78 is 6.14. The van der Waals surface area contributed by atoms with Gasteiger partial charge in [0.1, 0.15) is 0 Å². The van der Waals surface area contributed by atoms with Crippen molar-refractivity contribution in [2.75, 3.05) is 18.4 Å². The van der Waals surface area contributed by atoms with Gasteiger partial charge in [-0.05, 0) is 18.6 Å². The van der Waals surface area contributed by atoms with Gasteiger partial charge in [-0.1, -0.05) is 16.7 Å². The summed E-state index contributed by atoms with van der Waals surface area (Å²) in [4.78, 5) is 1.23. The van der Waals surface area contributed by atoms with Gasteiger partial charge in [0.2, 0.25) is 5.89 Å². The average molecular weight is 273 g/mol. The van der Waals surface area contributed by atoms with Crippen LogP contribution in [0.3, 0.4) is 0 Å². The van der Waals surface area contributed by atoms with Crippen LogP contribution in [0.5, 0.6) is 0 Å². The number of rotatable bonds is 6. The third-order valence-corrected chi connectivity index (χ3v) is 3.39. The Hall–Kier alpha value is -1.11. The van der Waals surface area contributed by atoms with E-state index in [9.17, 15) is 0 Å². The third kappa shape index (κ3) is 3.69. The van der Waals surface area contributed by atoms with Gasteiger partial charge >= 0.3 is 6.01 Å². The number of hydrogen-bond donors (Lipinski definition) is 2. The maximum Gasteiger partial charge on any atom is 0.315 e. The van der Waals surface area contributed by atoms with Gasteiger partial charge in [-0.2, -0.15) is 0 Å². The summed E-state index contributed by atoms with van der Waals surface area (Å²) >= 11 is 7.42. The molecule has 0 aliphatic heterocycles. The molecule has 2 aromatic rings. The van der Waals surface area contributed by atoms with Crippen LogP contribution in [0.1, 0.15) is 10.8 Å². The Kier molecular flexibility index (Phi) is 4.36. The predicted octanol–water partition coefficient (Wildman–Crippen LogP) is 1.94. The minimum absolute atomic E-state index is 0.441. The number of nitrogens with one attached hydrogen (secondary N) is 1. The lowest BCUT2D eigenvalue weighted by Crippen LogP contribution is -2.04. The summed E-state index contributed by atoms with van der Waals surface area (Å²) in [6, 6.07) is 4.35. The molecule has 92 valence electrons. The Morgan fingerprint density at radius 3 is 2.94 bits per heavy atom. The highest BCUT2D eigenvalue weighted by molar-refractivity contribution is 7.16. The van der Waals surface area contributed by atoms with E-state index < -0.39 is 0 Å². The molecule has 0 saturated carbocycles. The molecule has 0 unspecified atom stereocenters. The van der Waals surface area contributed by atoms with E-state index in [1.807, 2.05) is 12.1 Å².